The Bertz CT molecular complexity index is 645. The lowest BCUT2D eigenvalue weighted by molar-refractivity contribution is -0.0296. The van der Waals surface area contributed by atoms with Crippen LogP contribution >= 0.6 is 0 Å². The number of amides is 1. The molecule has 1 aliphatic rings. The van der Waals surface area contributed by atoms with Crippen LogP contribution in [0.5, 0.6) is 0 Å². The average Bonchev–Trinajstić information content (AvgIpc) is 2.61. The summed E-state index contributed by atoms with van der Waals surface area (Å²) in [5, 5.41) is 0. The molecule has 1 atom stereocenters. The number of halogens is 1. The van der Waals surface area contributed by atoms with Crippen LogP contribution in [0.1, 0.15) is 17.2 Å². The molecule has 120 valence electrons. The second-order valence-corrected chi connectivity index (χ2v) is 5.40. The van der Waals surface area contributed by atoms with Crippen molar-refractivity contribution >= 4 is 6.09 Å². The summed E-state index contributed by atoms with van der Waals surface area (Å²) in [4.78, 5) is 13.8. The van der Waals surface area contributed by atoms with Crippen LogP contribution in [0.2, 0.25) is 0 Å². The molecule has 1 heterocycles. The van der Waals surface area contributed by atoms with Crippen molar-refractivity contribution in [2.75, 3.05) is 19.7 Å². The van der Waals surface area contributed by atoms with Crippen LogP contribution in [-0.4, -0.2) is 30.7 Å². The van der Waals surface area contributed by atoms with Gasteiger partial charge in [-0.15, -0.1) is 0 Å². The Labute approximate surface area is 134 Å². The van der Waals surface area contributed by atoms with Gasteiger partial charge in [0, 0.05) is 6.54 Å². The zero-order chi connectivity index (χ0) is 16.1. The van der Waals surface area contributed by atoms with E-state index in [-0.39, 0.29) is 24.6 Å². The van der Waals surface area contributed by atoms with E-state index in [9.17, 15) is 9.18 Å². The first-order chi connectivity index (χ1) is 11.2. The number of rotatable bonds is 3. The quantitative estimate of drug-likeness (QED) is 0.869. The van der Waals surface area contributed by atoms with Crippen molar-refractivity contribution < 1.29 is 18.7 Å². The number of carbonyl (C=O) groups excluding carboxylic acids is 1. The van der Waals surface area contributed by atoms with Gasteiger partial charge in [0.05, 0.1) is 13.2 Å². The summed E-state index contributed by atoms with van der Waals surface area (Å²) in [5.41, 5.74) is 1.80. The van der Waals surface area contributed by atoms with Gasteiger partial charge < -0.3 is 14.4 Å². The third kappa shape index (κ3) is 4.07. The van der Waals surface area contributed by atoms with Crippen LogP contribution in [-0.2, 0) is 16.1 Å². The highest BCUT2D eigenvalue weighted by molar-refractivity contribution is 5.67. The normalized spacial score (nSPS) is 17.8. The first kappa shape index (κ1) is 15.5. The summed E-state index contributed by atoms with van der Waals surface area (Å²) >= 11 is 0. The Morgan fingerprint density at radius 1 is 1.17 bits per heavy atom. The zero-order valence-corrected chi connectivity index (χ0v) is 12.7. The lowest BCUT2D eigenvalue weighted by Crippen LogP contribution is -2.42. The molecular weight excluding hydrogens is 297 g/mol. The largest absolute Gasteiger partial charge is 0.445 e. The van der Waals surface area contributed by atoms with Crippen molar-refractivity contribution in [1.29, 1.82) is 0 Å². The third-order valence-corrected chi connectivity index (χ3v) is 3.77. The predicted molar refractivity (Wildman–Crippen MR) is 83.3 cm³/mol. The molecule has 0 N–H and O–H groups in total. The molecule has 0 aromatic heterocycles. The Balaban J connectivity index is 1.57. The van der Waals surface area contributed by atoms with Crippen LogP contribution in [0.3, 0.4) is 0 Å². The van der Waals surface area contributed by atoms with E-state index in [0.717, 1.165) is 11.1 Å². The smallest absolute Gasteiger partial charge is 0.410 e. The van der Waals surface area contributed by atoms with E-state index in [1.54, 1.807) is 17.0 Å². The number of ether oxygens (including phenoxy) is 2. The molecule has 0 bridgehead atoms. The van der Waals surface area contributed by atoms with Crippen molar-refractivity contribution in [2.45, 2.75) is 12.7 Å². The minimum absolute atomic E-state index is 0.248. The van der Waals surface area contributed by atoms with E-state index in [0.29, 0.717) is 19.7 Å². The molecule has 0 aliphatic carbocycles. The van der Waals surface area contributed by atoms with Crippen molar-refractivity contribution in [1.82, 2.24) is 4.90 Å². The van der Waals surface area contributed by atoms with Gasteiger partial charge in [-0.05, 0) is 23.3 Å². The first-order valence-corrected chi connectivity index (χ1v) is 7.55. The van der Waals surface area contributed by atoms with Crippen LogP contribution < -0.4 is 0 Å². The maximum Gasteiger partial charge on any atom is 0.410 e. The summed E-state index contributed by atoms with van der Waals surface area (Å²) in [6.07, 6.45) is -0.613. The summed E-state index contributed by atoms with van der Waals surface area (Å²) in [6, 6.07) is 15.7. The van der Waals surface area contributed by atoms with Crippen LogP contribution in [0, 0.1) is 5.82 Å². The van der Waals surface area contributed by atoms with Gasteiger partial charge in [0.2, 0.25) is 0 Å². The monoisotopic (exact) mass is 315 g/mol. The number of benzene rings is 2. The molecule has 4 nitrogen and oxygen atoms in total. The molecule has 0 saturated carbocycles. The molecule has 1 aliphatic heterocycles. The average molecular weight is 315 g/mol. The zero-order valence-electron chi connectivity index (χ0n) is 12.7. The number of hydrogen-bond donors (Lipinski definition) is 0. The SMILES string of the molecule is O=C(OCc1ccccc1)N1CCO[C@H](c2ccc(F)cc2)C1. The molecule has 3 rings (SSSR count). The standard InChI is InChI=1S/C18H18FNO3/c19-16-8-6-15(7-9-16)17-12-20(10-11-22-17)18(21)23-13-14-4-2-1-3-5-14/h1-9,17H,10-13H2/t17-/m0/s1. The highest BCUT2D eigenvalue weighted by Crippen LogP contribution is 2.23. The predicted octanol–water partition coefficient (Wildman–Crippen LogP) is 3.54. The van der Waals surface area contributed by atoms with Gasteiger partial charge in [-0.2, -0.15) is 0 Å². The maximum atomic E-state index is 13.0. The van der Waals surface area contributed by atoms with Crippen molar-refractivity contribution in [3.63, 3.8) is 0 Å². The molecule has 0 radical (unpaired) electrons. The molecular formula is C18H18FNO3. The minimum atomic E-state index is -0.357. The summed E-state index contributed by atoms with van der Waals surface area (Å²) in [6.45, 7) is 1.57. The molecule has 0 unspecified atom stereocenters. The van der Waals surface area contributed by atoms with Crippen LogP contribution in [0.4, 0.5) is 9.18 Å². The first-order valence-electron chi connectivity index (χ1n) is 7.55. The fourth-order valence-corrected chi connectivity index (χ4v) is 2.50. The van der Waals surface area contributed by atoms with Crippen molar-refractivity contribution in [3.8, 4) is 0 Å². The molecule has 1 amide bonds. The van der Waals surface area contributed by atoms with E-state index in [4.69, 9.17) is 9.47 Å². The van der Waals surface area contributed by atoms with E-state index in [2.05, 4.69) is 0 Å². The van der Waals surface area contributed by atoms with E-state index < -0.39 is 0 Å². The van der Waals surface area contributed by atoms with Crippen molar-refractivity contribution in [2.24, 2.45) is 0 Å². The second kappa shape index (κ2) is 7.24. The van der Waals surface area contributed by atoms with Gasteiger partial charge in [0.25, 0.3) is 0 Å². The summed E-state index contributed by atoms with van der Waals surface area (Å²) < 4.78 is 24.0. The Hall–Kier alpha value is -2.40. The van der Waals surface area contributed by atoms with Gasteiger partial charge >= 0.3 is 6.09 Å². The van der Waals surface area contributed by atoms with Gasteiger partial charge in [0.15, 0.2) is 0 Å². The van der Waals surface area contributed by atoms with Crippen LogP contribution in [0.15, 0.2) is 54.6 Å². The highest BCUT2D eigenvalue weighted by atomic mass is 19.1. The molecule has 0 spiro atoms. The van der Waals surface area contributed by atoms with Gasteiger partial charge in [0.1, 0.15) is 18.5 Å². The molecule has 2 aromatic rings. The summed E-state index contributed by atoms with van der Waals surface area (Å²) in [7, 11) is 0. The fraction of sp³-hybridized carbons (Fsp3) is 0.278. The molecule has 1 fully saturated rings. The molecule has 5 heteroatoms. The van der Waals surface area contributed by atoms with Gasteiger partial charge in [-0.25, -0.2) is 9.18 Å². The Morgan fingerprint density at radius 2 is 1.91 bits per heavy atom. The van der Waals surface area contributed by atoms with E-state index in [1.165, 1.54) is 12.1 Å². The van der Waals surface area contributed by atoms with E-state index >= 15 is 0 Å². The number of morpholine rings is 1. The summed E-state index contributed by atoms with van der Waals surface area (Å²) in [5.74, 6) is -0.288. The number of carbonyl (C=O) groups is 1. The highest BCUT2D eigenvalue weighted by Gasteiger charge is 2.26. The fourth-order valence-electron chi connectivity index (χ4n) is 2.50. The van der Waals surface area contributed by atoms with Crippen LogP contribution in [0.25, 0.3) is 0 Å². The second-order valence-electron chi connectivity index (χ2n) is 5.40. The molecule has 1 saturated heterocycles. The number of hydrogen-bond acceptors (Lipinski definition) is 3. The topological polar surface area (TPSA) is 38.8 Å². The lowest BCUT2D eigenvalue weighted by Gasteiger charge is -2.32. The van der Waals surface area contributed by atoms with E-state index in [1.807, 2.05) is 30.3 Å². The van der Waals surface area contributed by atoms with Crippen molar-refractivity contribution in [3.05, 3.63) is 71.5 Å². The maximum absolute atomic E-state index is 13.0. The Morgan fingerprint density at radius 3 is 2.65 bits per heavy atom. The third-order valence-electron chi connectivity index (χ3n) is 3.77. The molecule has 23 heavy (non-hydrogen) atoms. The molecule has 2 aromatic carbocycles. The van der Waals surface area contributed by atoms with Gasteiger partial charge in [-0.3, -0.25) is 0 Å². The Kier molecular flexibility index (Phi) is 4.88. The number of nitrogens with zero attached hydrogens (tertiary/aromatic N) is 1. The van der Waals surface area contributed by atoms with Gasteiger partial charge in [-0.1, -0.05) is 42.5 Å². The lowest BCUT2D eigenvalue weighted by atomic mass is 10.1. The minimum Gasteiger partial charge on any atom is -0.445 e.